The summed E-state index contributed by atoms with van der Waals surface area (Å²) in [5, 5.41) is 19.6. The third-order valence-electron chi connectivity index (χ3n) is 9.37. The minimum atomic E-state index is -5.16. The molecule has 0 fully saturated rings. The topological polar surface area (TPSA) is 377 Å². The fraction of sp³-hybridized carbons (Fsp3) is 0. The average Bonchev–Trinajstić information content (AvgIpc) is 3.22. The number of fused-ring (bicyclic) bond motifs is 2. The second-order valence-electron chi connectivity index (χ2n) is 13.9. The molecule has 4 aromatic carbocycles. The molecule has 27 heteroatoms. The Morgan fingerprint density at radius 3 is 1.82 bits per heavy atom. The molecule has 66 heavy (non-hydrogen) atoms. The number of hydrogen-bond acceptors (Lipinski definition) is 17. The number of benzene rings is 4. The molecule has 0 aliphatic heterocycles. The van der Waals surface area contributed by atoms with Crippen LogP contribution in [0, 0.1) is 5.41 Å². The number of hydrazine groups is 1. The SMILES string of the molecule is N=C1C=CC2=CC(S(=O)(=O)O)=CC(=O)C2=C1NNc1ccc(NC(=O)Nc2ccc(N/N=C3\C(=O)c4ccc(Nc5ccccc5)cc4C=C3S(=O)(=O)O)c(S(=O)(=O)O)c2)cc1S(=O)(=O)O. The standard InChI is InChI=1S/C39H30N8O15S4/c40-28-11-6-20-15-26(63(51,52)53)19-31(48)35(20)36(28)46-44-29-12-8-24(17-32(29)64(54,55)56)42-39(50)43-25-9-13-30(33(18-25)65(57,58)59)45-47-37-34(66(60,61)62)16-21-14-23(7-10-27(21)38(37)49)41-22-4-2-1-3-5-22/h1-19,40-41,44-46H,(H2,42,43,50)(H,51,52,53)(H,54,55,56)(H,57,58,59)(H,60,61,62)/b40-28?,47-37-. The highest BCUT2D eigenvalue weighted by atomic mass is 32.2. The molecule has 7 rings (SSSR count). The van der Waals surface area contributed by atoms with Gasteiger partial charge in [-0.3, -0.25) is 49.5 Å². The van der Waals surface area contributed by atoms with Gasteiger partial charge in [0.1, 0.15) is 14.7 Å². The predicted octanol–water partition coefficient (Wildman–Crippen LogP) is 4.50. The summed E-state index contributed by atoms with van der Waals surface area (Å²) in [6, 6.07) is 17.9. The van der Waals surface area contributed by atoms with Gasteiger partial charge in [-0.2, -0.15) is 38.8 Å². The molecular weight excluding hydrogens is 949 g/mol. The Hall–Kier alpha value is -7.63. The summed E-state index contributed by atoms with van der Waals surface area (Å²) >= 11 is 0. The maximum Gasteiger partial charge on any atom is 0.323 e. The first-order chi connectivity index (χ1) is 30.9. The van der Waals surface area contributed by atoms with Crippen LogP contribution in [0.25, 0.3) is 6.08 Å². The van der Waals surface area contributed by atoms with Crippen LogP contribution < -0.4 is 32.2 Å². The molecule has 340 valence electrons. The van der Waals surface area contributed by atoms with Gasteiger partial charge in [-0.25, -0.2) is 4.79 Å². The van der Waals surface area contributed by atoms with E-state index in [2.05, 4.69) is 37.3 Å². The molecule has 2 amide bonds. The van der Waals surface area contributed by atoms with Crippen molar-refractivity contribution in [1.29, 1.82) is 5.41 Å². The molecule has 0 bridgehead atoms. The monoisotopic (exact) mass is 978 g/mol. The number of urea groups is 1. The molecule has 3 aliphatic rings. The maximum atomic E-state index is 13.5. The summed E-state index contributed by atoms with van der Waals surface area (Å²) in [6.07, 6.45) is 4.98. The lowest BCUT2D eigenvalue weighted by Crippen LogP contribution is -2.31. The Labute approximate surface area is 373 Å². The van der Waals surface area contributed by atoms with Crippen molar-refractivity contribution in [3.63, 3.8) is 0 Å². The molecule has 23 nitrogen and oxygen atoms in total. The van der Waals surface area contributed by atoms with Crippen molar-refractivity contribution in [3.8, 4) is 0 Å². The van der Waals surface area contributed by atoms with Gasteiger partial charge >= 0.3 is 6.03 Å². The van der Waals surface area contributed by atoms with Crippen molar-refractivity contribution in [2.75, 3.05) is 26.8 Å². The quantitative estimate of drug-likeness (QED) is 0.0648. The van der Waals surface area contributed by atoms with Crippen molar-refractivity contribution in [3.05, 3.63) is 147 Å². The van der Waals surface area contributed by atoms with E-state index in [9.17, 15) is 66.3 Å². The molecular formula is C39H30N8O15S4. The van der Waals surface area contributed by atoms with E-state index < -0.39 is 89.1 Å². The fourth-order valence-corrected chi connectivity index (χ4v) is 8.98. The fourth-order valence-electron chi connectivity index (χ4n) is 6.45. The van der Waals surface area contributed by atoms with Gasteiger partial charge in [-0.1, -0.05) is 24.3 Å². The second-order valence-corrected chi connectivity index (χ2v) is 19.5. The Kier molecular flexibility index (Phi) is 12.2. The number of anilines is 6. The van der Waals surface area contributed by atoms with Crippen LogP contribution in [0.2, 0.25) is 0 Å². The van der Waals surface area contributed by atoms with E-state index in [1.165, 1.54) is 30.4 Å². The van der Waals surface area contributed by atoms with E-state index >= 15 is 0 Å². The zero-order valence-corrected chi connectivity index (χ0v) is 36.1. The summed E-state index contributed by atoms with van der Waals surface area (Å²) in [5.41, 5.74) is 5.21. The smallest absolute Gasteiger partial charge is 0.323 e. The molecule has 0 aromatic heterocycles. The van der Waals surface area contributed by atoms with Crippen molar-refractivity contribution >= 4 is 110 Å². The summed E-state index contributed by atoms with van der Waals surface area (Å²) < 4.78 is 137. The minimum absolute atomic E-state index is 0.0134. The van der Waals surface area contributed by atoms with E-state index in [1.807, 2.05) is 0 Å². The highest BCUT2D eigenvalue weighted by Crippen LogP contribution is 2.33. The highest BCUT2D eigenvalue weighted by molar-refractivity contribution is 7.91. The third-order valence-corrected chi connectivity index (χ3v) is 12.9. The van der Waals surface area contributed by atoms with Crippen molar-refractivity contribution in [2.45, 2.75) is 9.79 Å². The van der Waals surface area contributed by atoms with Crippen molar-refractivity contribution < 1.29 is 66.3 Å². The second kappa shape index (κ2) is 17.4. The summed E-state index contributed by atoms with van der Waals surface area (Å²) in [6.45, 7) is 0. The Morgan fingerprint density at radius 1 is 0.606 bits per heavy atom. The van der Waals surface area contributed by atoms with Crippen LogP contribution >= 0.6 is 0 Å². The minimum Gasteiger partial charge on any atom is -0.356 e. The molecule has 0 saturated carbocycles. The van der Waals surface area contributed by atoms with Crippen LogP contribution in [0.1, 0.15) is 15.9 Å². The van der Waals surface area contributed by atoms with Gasteiger partial charge in [-0.15, -0.1) is 0 Å². The molecule has 0 atom stereocenters. The van der Waals surface area contributed by atoms with Crippen LogP contribution in [0.15, 0.2) is 151 Å². The number of allylic oxidation sites excluding steroid dienone is 7. The van der Waals surface area contributed by atoms with E-state index in [0.29, 0.717) is 17.5 Å². The van der Waals surface area contributed by atoms with E-state index in [0.717, 1.165) is 48.6 Å². The Balaban J connectivity index is 1.08. The number of nitrogens with zero attached hydrogens (tertiary/aromatic N) is 1. The number of carbonyl (C=O) groups excluding carboxylic acids is 3. The lowest BCUT2D eigenvalue weighted by atomic mass is 9.89. The number of hydrogen-bond donors (Lipinski definition) is 11. The molecule has 4 aromatic rings. The first-order valence-electron chi connectivity index (χ1n) is 18.2. The number of para-hydroxylation sites is 1. The zero-order valence-electron chi connectivity index (χ0n) is 32.8. The largest absolute Gasteiger partial charge is 0.356 e. The normalized spacial score (nSPS) is 15.8. The summed E-state index contributed by atoms with van der Waals surface area (Å²) in [7, 11) is -20.1. The van der Waals surface area contributed by atoms with Crippen molar-refractivity contribution in [2.24, 2.45) is 5.10 Å². The number of Topliss-reactive ketones (excluding diaryl/α,β-unsaturated/α-hetero) is 1. The summed E-state index contributed by atoms with van der Waals surface area (Å²) in [5.74, 6) is -1.91. The number of amides is 2. The highest BCUT2D eigenvalue weighted by Gasteiger charge is 2.34. The van der Waals surface area contributed by atoms with Crippen LogP contribution in [0.3, 0.4) is 0 Å². The maximum absolute atomic E-state index is 13.5. The molecule has 11 N–H and O–H groups in total. The molecule has 0 unspecified atom stereocenters. The van der Waals surface area contributed by atoms with Crippen LogP contribution in [-0.4, -0.2) is 80.9 Å². The van der Waals surface area contributed by atoms with E-state index in [4.69, 9.17) is 5.41 Å². The van der Waals surface area contributed by atoms with Gasteiger partial charge in [-0.05, 0) is 96.1 Å². The lowest BCUT2D eigenvalue weighted by Gasteiger charge is -2.23. The number of carbonyl (C=O) groups is 3. The van der Waals surface area contributed by atoms with Crippen LogP contribution in [0.5, 0.6) is 0 Å². The summed E-state index contributed by atoms with van der Waals surface area (Å²) in [4.78, 5) is 36.0. The number of nitrogens with one attached hydrogen (secondary N) is 7. The van der Waals surface area contributed by atoms with Gasteiger partial charge in [0.15, 0.2) is 11.5 Å². The Bertz CT molecular complexity index is 3490. The number of hydrazone groups is 1. The number of ketones is 2. The first kappa shape index (κ1) is 46.4. The lowest BCUT2D eigenvalue weighted by molar-refractivity contribution is -0.111. The predicted molar refractivity (Wildman–Crippen MR) is 240 cm³/mol. The van der Waals surface area contributed by atoms with Gasteiger partial charge < -0.3 is 16.0 Å². The first-order valence-corrected chi connectivity index (χ1v) is 24.0. The van der Waals surface area contributed by atoms with Gasteiger partial charge in [0.05, 0.1) is 33.3 Å². The van der Waals surface area contributed by atoms with E-state index in [1.54, 1.807) is 30.3 Å². The molecule has 0 heterocycles. The van der Waals surface area contributed by atoms with Crippen LogP contribution in [0.4, 0.5) is 38.9 Å². The molecule has 0 saturated heterocycles. The third kappa shape index (κ3) is 10.2. The van der Waals surface area contributed by atoms with Crippen molar-refractivity contribution in [1.82, 2.24) is 5.43 Å². The zero-order chi connectivity index (χ0) is 47.9. The number of rotatable bonds is 13. The molecule has 0 spiro atoms. The van der Waals surface area contributed by atoms with Gasteiger partial charge in [0, 0.05) is 34.4 Å². The Morgan fingerprint density at radius 2 is 1.21 bits per heavy atom. The van der Waals surface area contributed by atoms with Gasteiger partial charge in [0.25, 0.3) is 40.5 Å². The van der Waals surface area contributed by atoms with Gasteiger partial charge in [0.2, 0.25) is 5.78 Å². The molecule has 0 radical (unpaired) electrons. The average molecular weight is 979 g/mol. The molecule has 3 aliphatic carbocycles. The van der Waals surface area contributed by atoms with Crippen LogP contribution in [-0.2, 0) is 45.3 Å². The van der Waals surface area contributed by atoms with E-state index in [-0.39, 0.29) is 50.7 Å².